The number of hydrogen-bond donors (Lipinski definition) is 3. The van der Waals surface area contributed by atoms with Gasteiger partial charge in [0.1, 0.15) is 12.4 Å². The molecule has 194 valence electrons. The van der Waals surface area contributed by atoms with Crippen LogP contribution in [0, 0.1) is 5.82 Å². The van der Waals surface area contributed by atoms with Crippen LogP contribution in [0.1, 0.15) is 42.0 Å². The average Bonchev–Trinajstić information content (AvgIpc) is 3.55. The van der Waals surface area contributed by atoms with Gasteiger partial charge in [-0.1, -0.05) is 18.2 Å². The number of rotatable bonds is 5. The number of aryl methyl sites for hydroxylation is 1. The SMILES string of the molecule is CNC(=O)Nc1ccc2c(c1)CC[C@@]21OC(=O)N(CC(=O)N2C(c3ccc(F)cc3)CC[C@H]2CO)C1=O. The Bertz CT molecular complexity index is 1270. The lowest BCUT2D eigenvalue weighted by atomic mass is 9.94. The molecule has 1 spiro atoms. The third-order valence-electron chi connectivity index (χ3n) is 7.39. The molecule has 0 radical (unpaired) electrons. The lowest BCUT2D eigenvalue weighted by molar-refractivity contribution is -0.143. The van der Waals surface area contributed by atoms with E-state index in [9.17, 15) is 28.7 Å². The molecule has 1 aliphatic carbocycles. The number of likely N-dealkylation sites (tertiary alicyclic amines) is 1. The molecular formula is C26H27FN4O6. The quantitative estimate of drug-likeness (QED) is 0.567. The van der Waals surface area contributed by atoms with Crippen LogP contribution >= 0.6 is 0 Å². The maximum absolute atomic E-state index is 13.5. The number of ether oxygens (including phenoxy) is 1. The molecule has 0 aromatic heterocycles. The molecule has 3 atom stereocenters. The molecule has 5 amide bonds. The van der Waals surface area contributed by atoms with Crippen molar-refractivity contribution in [1.82, 2.24) is 15.1 Å². The number of hydrogen-bond acceptors (Lipinski definition) is 6. The number of imide groups is 1. The topological polar surface area (TPSA) is 128 Å². The maximum atomic E-state index is 13.5. The van der Waals surface area contributed by atoms with Crippen molar-refractivity contribution in [2.75, 3.05) is 25.5 Å². The minimum atomic E-state index is -1.52. The summed E-state index contributed by atoms with van der Waals surface area (Å²) < 4.78 is 19.1. The predicted molar refractivity (Wildman–Crippen MR) is 129 cm³/mol. The molecule has 2 fully saturated rings. The van der Waals surface area contributed by atoms with E-state index in [1.165, 1.54) is 24.1 Å². The first-order valence-corrected chi connectivity index (χ1v) is 12.1. The summed E-state index contributed by atoms with van der Waals surface area (Å²) in [5.74, 6) is -1.52. The number of urea groups is 1. The molecule has 5 rings (SSSR count). The third kappa shape index (κ3) is 4.18. The number of anilines is 1. The molecule has 3 aliphatic rings. The van der Waals surface area contributed by atoms with Crippen LogP contribution in [0.3, 0.4) is 0 Å². The zero-order chi connectivity index (χ0) is 26.3. The molecular weight excluding hydrogens is 483 g/mol. The van der Waals surface area contributed by atoms with E-state index in [4.69, 9.17) is 4.74 Å². The van der Waals surface area contributed by atoms with E-state index in [0.29, 0.717) is 36.1 Å². The summed E-state index contributed by atoms with van der Waals surface area (Å²) in [5, 5.41) is 15.0. The molecule has 2 heterocycles. The van der Waals surface area contributed by atoms with E-state index in [-0.39, 0.29) is 19.1 Å². The predicted octanol–water partition coefficient (Wildman–Crippen LogP) is 2.42. The monoisotopic (exact) mass is 510 g/mol. The number of amides is 5. The molecule has 2 saturated heterocycles. The van der Waals surface area contributed by atoms with Gasteiger partial charge in [0.2, 0.25) is 11.5 Å². The third-order valence-corrected chi connectivity index (χ3v) is 7.39. The highest BCUT2D eigenvalue weighted by Gasteiger charge is 2.58. The molecule has 0 saturated carbocycles. The van der Waals surface area contributed by atoms with E-state index < -0.39 is 48.0 Å². The highest BCUT2D eigenvalue weighted by Crippen LogP contribution is 2.46. The lowest BCUT2D eigenvalue weighted by Crippen LogP contribution is -2.47. The number of aliphatic hydroxyl groups is 1. The normalized spacial score (nSPS) is 24.4. The molecule has 37 heavy (non-hydrogen) atoms. The number of benzene rings is 2. The van der Waals surface area contributed by atoms with Gasteiger partial charge in [0.15, 0.2) is 0 Å². The van der Waals surface area contributed by atoms with Gasteiger partial charge < -0.3 is 25.4 Å². The smallest absolute Gasteiger partial charge is 0.418 e. The molecule has 0 bridgehead atoms. The van der Waals surface area contributed by atoms with Gasteiger partial charge in [-0.25, -0.2) is 18.9 Å². The van der Waals surface area contributed by atoms with Crippen LogP contribution < -0.4 is 10.6 Å². The number of halogens is 1. The van der Waals surface area contributed by atoms with Crippen molar-refractivity contribution >= 4 is 29.6 Å². The van der Waals surface area contributed by atoms with E-state index in [2.05, 4.69) is 10.6 Å². The second-order valence-corrected chi connectivity index (χ2v) is 9.44. The van der Waals surface area contributed by atoms with Crippen molar-refractivity contribution in [1.29, 1.82) is 0 Å². The van der Waals surface area contributed by atoms with Crippen LogP contribution in [0.4, 0.5) is 19.7 Å². The van der Waals surface area contributed by atoms with Gasteiger partial charge in [0.05, 0.1) is 18.7 Å². The van der Waals surface area contributed by atoms with Gasteiger partial charge in [-0.15, -0.1) is 0 Å². The molecule has 2 aliphatic heterocycles. The van der Waals surface area contributed by atoms with Crippen LogP contribution in [-0.4, -0.2) is 65.1 Å². The zero-order valence-corrected chi connectivity index (χ0v) is 20.2. The fourth-order valence-corrected chi connectivity index (χ4v) is 5.59. The van der Waals surface area contributed by atoms with Gasteiger partial charge in [-0.3, -0.25) is 9.59 Å². The van der Waals surface area contributed by atoms with E-state index >= 15 is 0 Å². The Morgan fingerprint density at radius 1 is 1.16 bits per heavy atom. The van der Waals surface area contributed by atoms with Crippen LogP contribution in [0.15, 0.2) is 42.5 Å². The van der Waals surface area contributed by atoms with Crippen LogP contribution in [0.5, 0.6) is 0 Å². The highest BCUT2D eigenvalue weighted by molar-refractivity contribution is 6.06. The van der Waals surface area contributed by atoms with Crippen molar-refractivity contribution in [3.63, 3.8) is 0 Å². The number of carbonyl (C=O) groups excluding carboxylic acids is 4. The summed E-state index contributed by atoms with van der Waals surface area (Å²) in [6.07, 6.45) is 0.862. The average molecular weight is 511 g/mol. The van der Waals surface area contributed by atoms with Gasteiger partial charge in [0.25, 0.3) is 5.91 Å². The second kappa shape index (κ2) is 9.47. The van der Waals surface area contributed by atoms with Crippen molar-refractivity contribution in [3.05, 3.63) is 65.0 Å². The van der Waals surface area contributed by atoms with E-state index in [1.807, 2.05) is 0 Å². The molecule has 2 aromatic rings. The summed E-state index contributed by atoms with van der Waals surface area (Å²) in [6, 6.07) is 9.52. The van der Waals surface area contributed by atoms with Gasteiger partial charge >= 0.3 is 12.1 Å². The molecule has 10 nitrogen and oxygen atoms in total. The summed E-state index contributed by atoms with van der Waals surface area (Å²) in [6.45, 7) is -0.801. The zero-order valence-electron chi connectivity index (χ0n) is 20.2. The number of fused-ring (bicyclic) bond motifs is 2. The molecule has 2 aromatic carbocycles. The number of carbonyl (C=O) groups is 4. The molecule has 3 N–H and O–H groups in total. The Morgan fingerprint density at radius 2 is 1.92 bits per heavy atom. The van der Waals surface area contributed by atoms with Crippen molar-refractivity contribution < 1.29 is 33.4 Å². The summed E-state index contributed by atoms with van der Waals surface area (Å²) >= 11 is 0. The minimum absolute atomic E-state index is 0.224. The van der Waals surface area contributed by atoms with Crippen LogP contribution in [-0.2, 0) is 26.3 Å². The summed E-state index contributed by atoms with van der Waals surface area (Å²) in [7, 11) is 1.50. The Morgan fingerprint density at radius 3 is 2.62 bits per heavy atom. The number of nitrogens with one attached hydrogen (secondary N) is 2. The van der Waals surface area contributed by atoms with E-state index in [0.717, 1.165) is 10.5 Å². The van der Waals surface area contributed by atoms with Crippen molar-refractivity contribution in [2.24, 2.45) is 0 Å². The fraction of sp³-hybridized carbons (Fsp3) is 0.385. The standard InChI is InChI=1S/C26H27FN4O6/c1-28-24(35)29-18-6-8-20-16(12-18)10-11-26(20)23(34)30(25(36)37-26)13-22(33)31-19(14-32)7-9-21(31)15-2-4-17(27)5-3-15/h2-6,8,12,19,21,32H,7,9-11,13-14H2,1H3,(H2,28,29,35)/t19-,21?,26+/m0/s1. The number of nitrogens with zero attached hydrogens (tertiary/aromatic N) is 2. The maximum Gasteiger partial charge on any atom is 0.418 e. The Labute approximate surface area is 212 Å². The molecule has 1 unspecified atom stereocenters. The highest BCUT2D eigenvalue weighted by atomic mass is 19.1. The second-order valence-electron chi connectivity index (χ2n) is 9.44. The van der Waals surface area contributed by atoms with Crippen LogP contribution in [0.25, 0.3) is 0 Å². The van der Waals surface area contributed by atoms with Crippen LogP contribution in [0.2, 0.25) is 0 Å². The number of aliphatic hydroxyl groups excluding tert-OH is 1. The summed E-state index contributed by atoms with van der Waals surface area (Å²) in [5.41, 5.74) is 1.02. The van der Waals surface area contributed by atoms with Crippen molar-refractivity contribution in [2.45, 2.75) is 43.4 Å². The molecule has 11 heteroatoms. The lowest BCUT2D eigenvalue weighted by Gasteiger charge is -2.31. The first-order valence-electron chi connectivity index (χ1n) is 12.1. The first-order chi connectivity index (χ1) is 17.8. The van der Waals surface area contributed by atoms with Gasteiger partial charge in [-0.2, -0.15) is 0 Å². The van der Waals surface area contributed by atoms with Crippen molar-refractivity contribution in [3.8, 4) is 0 Å². The Hall–Kier alpha value is -3.99. The summed E-state index contributed by atoms with van der Waals surface area (Å²) in [4.78, 5) is 53.8. The van der Waals surface area contributed by atoms with Gasteiger partial charge in [-0.05, 0) is 54.7 Å². The fourth-order valence-electron chi connectivity index (χ4n) is 5.59. The Balaban J connectivity index is 1.36. The van der Waals surface area contributed by atoms with E-state index in [1.54, 1.807) is 30.3 Å². The first kappa shape index (κ1) is 24.7. The Kier molecular flexibility index (Phi) is 6.32. The minimum Gasteiger partial charge on any atom is -0.427 e. The van der Waals surface area contributed by atoms with Gasteiger partial charge in [0, 0.05) is 24.7 Å². The largest absolute Gasteiger partial charge is 0.427 e.